The number of nitrogens with zero attached hydrogens (tertiary/aromatic N) is 4. The monoisotopic (exact) mass is 358 g/mol. The van der Waals surface area contributed by atoms with Gasteiger partial charge in [0.25, 0.3) is 0 Å². The fourth-order valence-electron chi connectivity index (χ4n) is 2.60. The molecule has 6 nitrogen and oxygen atoms in total. The number of benzene rings is 1. The summed E-state index contributed by atoms with van der Waals surface area (Å²) in [7, 11) is 3.74. The van der Waals surface area contributed by atoms with Gasteiger partial charge in [-0.2, -0.15) is 0 Å². The molecular formula is C18H22N4O2S. The van der Waals surface area contributed by atoms with Crippen molar-refractivity contribution in [3.05, 3.63) is 42.1 Å². The molecule has 1 aliphatic heterocycles. The molecule has 0 unspecified atom stereocenters. The van der Waals surface area contributed by atoms with Crippen LogP contribution in [0, 0.1) is 0 Å². The van der Waals surface area contributed by atoms with Crippen LogP contribution in [0.15, 0.2) is 41.7 Å². The van der Waals surface area contributed by atoms with Gasteiger partial charge in [0.15, 0.2) is 10.9 Å². The maximum Gasteiger partial charge on any atom is 0.189 e. The highest BCUT2D eigenvalue weighted by atomic mass is 32.2. The molecule has 0 spiro atoms. The van der Waals surface area contributed by atoms with E-state index in [0.29, 0.717) is 16.5 Å². The van der Waals surface area contributed by atoms with Gasteiger partial charge < -0.3 is 14.5 Å². The molecule has 0 aliphatic carbocycles. The van der Waals surface area contributed by atoms with Crippen molar-refractivity contribution >= 4 is 23.4 Å². The van der Waals surface area contributed by atoms with Crippen LogP contribution in [-0.4, -0.2) is 66.7 Å². The molecule has 0 bridgehead atoms. The van der Waals surface area contributed by atoms with E-state index in [-0.39, 0.29) is 5.78 Å². The van der Waals surface area contributed by atoms with Crippen molar-refractivity contribution in [3.63, 3.8) is 0 Å². The maximum absolute atomic E-state index is 12.3. The number of aromatic nitrogens is 2. The van der Waals surface area contributed by atoms with Crippen LogP contribution in [0.25, 0.3) is 0 Å². The molecule has 0 atom stereocenters. The first-order valence-electron chi connectivity index (χ1n) is 8.22. The van der Waals surface area contributed by atoms with E-state index in [0.717, 1.165) is 37.7 Å². The third kappa shape index (κ3) is 4.70. The molecule has 2 aromatic rings. The first-order valence-corrected chi connectivity index (χ1v) is 9.21. The Labute approximate surface area is 152 Å². The average Bonchev–Trinajstić information content (AvgIpc) is 2.67. The van der Waals surface area contributed by atoms with Gasteiger partial charge in [0.05, 0.1) is 12.9 Å². The summed E-state index contributed by atoms with van der Waals surface area (Å²) < 4.78 is 5.11. The van der Waals surface area contributed by atoms with Crippen molar-refractivity contribution in [2.24, 2.45) is 0 Å². The lowest BCUT2D eigenvalue weighted by Crippen LogP contribution is -2.44. The topological polar surface area (TPSA) is 58.6 Å². The molecule has 1 aromatic heterocycles. The van der Waals surface area contributed by atoms with E-state index in [2.05, 4.69) is 26.8 Å². The number of hydrogen-bond acceptors (Lipinski definition) is 7. The molecule has 25 heavy (non-hydrogen) atoms. The molecule has 3 rings (SSSR count). The minimum atomic E-state index is 0.0567. The third-order valence-corrected chi connectivity index (χ3v) is 5.05. The summed E-state index contributed by atoms with van der Waals surface area (Å²) in [6.45, 7) is 3.98. The second-order valence-electron chi connectivity index (χ2n) is 5.93. The summed E-state index contributed by atoms with van der Waals surface area (Å²) in [5, 5.41) is 0.637. The van der Waals surface area contributed by atoms with Gasteiger partial charge in [-0.15, -0.1) is 0 Å². The Balaban J connectivity index is 1.59. The number of likely N-dealkylation sites (N-methyl/N-ethyl adjacent to an activating group) is 1. The van der Waals surface area contributed by atoms with Crippen molar-refractivity contribution < 1.29 is 9.53 Å². The maximum atomic E-state index is 12.3. The van der Waals surface area contributed by atoms with Gasteiger partial charge in [-0.25, -0.2) is 9.97 Å². The van der Waals surface area contributed by atoms with Crippen molar-refractivity contribution in [1.82, 2.24) is 14.9 Å². The molecule has 0 amide bonds. The number of piperazine rings is 1. The normalized spacial score (nSPS) is 15.2. The lowest BCUT2D eigenvalue weighted by molar-refractivity contribution is 0.102. The molecule has 2 heterocycles. The zero-order chi connectivity index (χ0) is 17.6. The largest absolute Gasteiger partial charge is 0.497 e. The van der Waals surface area contributed by atoms with E-state index in [4.69, 9.17) is 4.74 Å². The summed E-state index contributed by atoms with van der Waals surface area (Å²) in [5.41, 5.74) is 0.670. The van der Waals surface area contributed by atoms with Gasteiger partial charge in [0.2, 0.25) is 0 Å². The summed E-state index contributed by atoms with van der Waals surface area (Å²) in [6.07, 6.45) is 1.76. The highest BCUT2D eigenvalue weighted by Crippen LogP contribution is 2.20. The molecule has 1 aliphatic rings. The summed E-state index contributed by atoms with van der Waals surface area (Å²) in [4.78, 5) is 25.8. The van der Waals surface area contributed by atoms with Gasteiger partial charge in [-0.05, 0) is 37.4 Å². The van der Waals surface area contributed by atoms with E-state index in [9.17, 15) is 4.79 Å². The third-order valence-electron chi connectivity index (χ3n) is 4.19. The number of carbonyl (C=O) groups excluding carboxylic acids is 1. The number of rotatable bonds is 6. The average molecular weight is 358 g/mol. The molecule has 0 saturated carbocycles. The zero-order valence-corrected chi connectivity index (χ0v) is 15.3. The Hall–Kier alpha value is -2.12. The van der Waals surface area contributed by atoms with Gasteiger partial charge in [0, 0.05) is 37.9 Å². The minimum absolute atomic E-state index is 0.0567. The number of carbonyl (C=O) groups is 1. The van der Waals surface area contributed by atoms with Crippen LogP contribution in [0.1, 0.15) is 10.4 Å². The van der Waals surface area contributed by atoms with Crippen LogP contribution in [0.2, 0.25) is 0 Å². The Morgan fingerprint density at radius 1 is 1.16 bits per heavy atom. The molecule has 132 valence electrons. The van der Waals surface area contributed by atoms with Crippen LogP contribution in [-0.2, 0) is 0 Å². The van der Waals surface area contributed by atoms with E-state index < -0.39 is 0 Å². The first kappa shape index (κ1) is 17.7. The predicted octanol–water partition coefficient (Wildman–Crippen LogP) is 2.21. The molecular weight excluding hydrogens is 336 g/mol. The molecule has 1 aromatic carbocycles. The van der Waals surface area contributed by atoms with E-state index in [1.165, 1.54) is 11.8 Å². The number of Topliss-reactive ketones (excluding diaryl/α,β-unsaturated/α-hetero) is 1. The smallest absolute Gasteiger partial charge is 0.189 e. The van der Waals surface area contributed by atoms with Crippen molar-refractivity contribution in [2.45, 2.75) is 5.16 Å². The molecule has 1 saturated heterocycles. The molecule has 1 fully saturated rings. The van der Waals surface area contributed by atoms with Crippen LogP contribution >= 0.6 is 11.8 Å². The van der Waals surface area contributed by atoms with E-state index in [1.54, 1.807) is 37.6 Å². The predicted molar refractivity (Wildman–Crippen MR) is 99.8 cm³/mol. The van der Waals surface area contributed by atoms with Gasteiger partial charge in [-0.1, -0.05) is 11.8 Å². The zero-order valence-electron chi connectivity index (χ0n) is 14.5. The van der Waals surface area contributed by atoms with Crippen molar-refractivity contribution in [3.8, 4) is 5.75 Å². The van der Waals surface area contributed by atoms with Gasteiger partial charge in [0.1, 0.15) is 11.6 Å². The Bertz CT molecular complexity index is 715. The van der Waals surface area contributed by atoms with Crippen molar-refractivity contribution in [1.29, 1.82) is 0 Å². The minimum Gasteiger partial charge on any atom is -0.497 e. The number of thioether (sulfide) groups is 1. The number of methoxy groups -OCH3 is 1. The number of anilines is 1. The van der Waals surface area contributed by atoms with Crippen molar-refractivity contribution in [2.75, 3.05) is 51.0 Å². The van der Waals surface area contributed by atoms with Crippen LogP contribution in [0.4, 0.5) is 5.82 Å². The Morgan fingerprint density at radius 2 is 1.88 bits per heavy atom. The standard InChI is InChI=1S/C18H22N4O2S/c1-21-9-11-22(12-10-21)17-7-8-19-18(20-17)25-13-16(23)14-3-5-15(24-2)6-4-14/h3-8H,9-13H2,1-2H3. The molecule has 0 radical (unpaired) electrons. The fourth-order valence-corrected chi connectivity index (χ4v) is 3.32. The fraction of sp³-hybridized carbons (Fsp3) is 0.389. The van der Waals surface area contributed by atoms with Gasteiger partial charge >= 0.3 is 0 Å². The summed E-state index contributed by atoms with van der Waals surface area (Å²) in [5.74, 6) is 2.05. The SMILES string of the molecule is COc1ccc(C(=O)CSc2nccc(N3CCN(C)CC3)n2)cc1. The first-order chi connectivity index (χ1) is 12.2. The van der Waals surface area contributed by atoms with Gasteiger partial charge in [-0.3, -0.25) is 4.79 Å². The Kier molecular flexibility index (Phi) is 5.88. The quantitative estimate of drug-likeness (QED) is 0.446. The lowest BCUT2D eigenvalue weighted by Gasteiger charge is -2.33. The molecule has 0 N–H and O–H groups in total. The van der Waals surface area contributed by atoms with Crippen LogP contribution < -0.4 is 9.64 Å². The Morgan fingerprint density at radius 3 is 2.56 bits per heavy atom. The molecule has 7 heteroatoms. The highest BCUT2D eigenvalue weighted by molar-refractivity contribution is 7.99. The second kappa shape index (κ2) is 8.31. The number of ether oxygens (including phenoxy) is 1. The summed E-state index contributed by atoms with van der Waals surface area (Å²) >= 11 is 1.37. The number of ketones is 1. The van der Waals surface area contributed by atoms with E-state index in [1.807, 2.05) is 6.07 Å². The number of hydrogen-bond donors (Lipinski definition) is 0. The summed E-state index contributed by atoms with van der Waals surface area (Å²) in [6, 6.07) is 9.08. The lowest BCUT2D eigenvalue weighted by atomic mass is 10.1. The van der Waals surface area contributed by atoms with E-state index >= 15 is 0 Å². The van der Waals surface area contributed by atoms with Crippen LogP contribution in [0.3, 0.4) is 0 Å². The second-order valence-corrected chi connectivity index (χ2v) is 6.87. The highest BCUT2D eigenvalue weighted by Gasteiger charge is 2.16. The van der Waals surface area contributed by atoms with Crippen LogP contribution in [0.5, 0.6) is 5.75 Å².